The lowest BCUT2D eigenvalue weighted by Crippen LogP contribution is -2.43. The molecule has 1 unspecified atom stereocenters. The molecular weight excluding hydrogens is 358 g/mol. The van der Waals surface area contributed by atoms with Gasteiger partial charge in [0.25, 0.3) is 5.91 Å². The number of ether oxygens (including phenoxy) is 1. The smallest absolute Gasteiger partial charge is 0.329 e. The Morgan fingerprint density at radius 2 is 1.52 bits per heavy atom. The number of esters is 1. The average molecular weight is 375 g/mol. The van der Waals surface area contributed by atoms with Crippen molar-refractivity contribution in [2.75, 3.05) is 12.9 Å². The van der Waals surface area contributed by atoms with Crippen molar-refractivity contribution in [3.8, 4) is 0 Å². The molecule has 0 heterocycles. The van der Waals surface area contributed by atoms with E-state index in [0.717, 1.165) is 10.8 Å². The largest absolute Gasteiger partial charge is 0.467 e. The fourth-order valence-electron chi connectivity index (χ4n) is 1.92. The quantitative estimate of drug-likeness (QED) is 0.592. The van der Waals surface area contributed by atoms with E-state index in [1.165, 1.54) is 17.9 Å². The molecule has 1 amide bonds. The summed E-state index contributed by atoms with van der Waals surface area (Å²) < 4.78 is 4.73. The van der Waals surface area contributed by atoms with Crippen LogP contribution < -0.4 is 5.32 Å². The number of carbonyl (C=O) groups excluding carboxylic acids is 3. The molecule has 130 valence electrons. The van der Waals surface area contributed by atoms with Gasteiger partial charge in [0.15, 0.2) is 0 Å². The van der Waals surface area contributed by atoms with Gasteiger partial charge in [0.2, 0.25) is 5.12 Å². The molecule has 0 radical (unpaired) electrons. The normalized spacial score (nSPS) is 11.4. The number of rotatable bonds is 7. The molecule has 0 aliphatic heterocycles. The van der Waals surface area contributed by atoms with Gasteiger partial charge in [-0.3, -0.25) is 9.59 Å². The highest BCUT2D eigenvalue weighted by atomic mass is 33.1. The second-order valence-electron chi connectivity index (χ2n) is 4.94. The molecule has 2 aromatic carbocycles. The van der Waals surface area contributed by atoms with Gasteiger partial charge in [-0.1, -0.05) is 59.3 Å². The van der Waals surface area contributed by atoms with Gasteiger partial charge in [-0.25, -0.2) is 4.79 Å². The summed E-state index contributed by atoms with van der Waals surface area (Å²) in [5, 5.41) is 2.53. The molecule has 0 aliphatic carbocycles. The molecule has 25 heavy (non-hydrogen) atoms. The zero-order valence-corrected chi connectivity index (χ0v) is 15.1. The van der Waals surface area contributed by atoms with Crippen LogP contribution in [0.2, 0.25) is 0 Å². The fraction of sp³-hybridized carbons (Fsp3) is 0.167. The Balaban J connectivity index is 1.91. The predicted molar refractivity (Wildman–Crippen MR) is 101 cm³/mol. The van der Waals surface area contributed by atoms with Crippen LogP contribution in [0.3, 0.4) is 0 Å². The molecular formula is C18H17NO4S2. The number of hydrogen-bond donors (Lipinski definition) is 1. The maximum atomic E-state index is 12.2. The Morgan fingerprint density at radius 1 is 0.960 bits per heavy atom. The molecule has 0 bridgehead atoms. The Bertz CT molecular complexity index is 722. The molecule has 0 saturated heterocycles. The van der Waals surface area contributed by atoms with E-state index in [-0.39, 0.29) is 16.8 Å². The summed E-state index contributed by atoms with van der Waals surface area (Å²) in [5.41, 5.74) is 1.04. The summed E-state index contributed by atoms with van der Waals surface area (Å²) in [5.74, 6) is -0.699. The molecule has 0 aliphatic rings. The van der Waals surface area contributed by atoms with Crippen molar-refractivity contribution >= 4 is 38.6 Å². The van der Waals surface area contributed by atoms with Crippen LogP contribution in [-0.2, 0) is 9.53 Å². The van der Waals surface area contributed by atoms with Crippen molar-refractivity contribution in [1.82, 2.24) is 5.32 Å². The summed E-state index contributed by atoms with van der Waals surface area (Å²) in [7, 11) is 3.48. The topological polar surface area (TPSA) is 72.5 Å². The van der Waals surface area contributed by atoms with Crippen molar-refractivity contribution in [3.05, 3.63) is 71.8 Å². The molecule has 2 rings (SSSR count). The van der Waals surface area contributed by atoms with Gasteiger partial charge in [-0.15, -0.1) is 0 Å². The Hall–Kier alpha value is -2.25. The van der Waals surface area contributed by atoms with Crippen molar-refractivity contribution < 1.29 is 19.1 Å². The lowest BCUT2D eigenvalue weighted by Gasteiger charge is -2.15. The van der Waals surface area contributed by atoms with Crippen LogP contribution in [0.4, 0.5) is 0 Å². The average Bonchev–Trinajstić information content (AvgIpc) is 2.67. The molecule has 2 aromatic rings. The molecule has 0 fully saturated rings. The monoisotopic (exact) mass is 375 g/mol. The fourth-order valence-corrected chi connectivity index (χ4v) is 3.90. The Morgan fingerprint density at radius 3 is 2.08 bits per heavy atom. The number of nitrogens with one attached hydrogen (secondary N) is 1. The lowest BCUT2D eigenvalue weighted by molar-refractivity contribution is -0.142. The molecule has 0 saturated carbocycles. The van der Waals surface area contributed by atoms with Crippen LogP contribution in [0.15, 0.2) is 60.7 Å². The van der Waals surface area contributed by atoms with E-state index in [1.807, 2.05) is 6.07 Å². The summed E-state index contributed by atoms with van der Waals surface area (Å²) in [4.78, 5) is 36.1. The first-order chi connectivity index (χ1) is 12.1. The van der Waals surface area contributed by atoms with E-state index in [0.29, 0.717) is 11.1 Å². The number of amides is 1. The number of benzene rings is 2. The second kappa shape index (κ2) is 9.90. The van der Waals surface area contributed by atoms with Crippen LogP contribution in [0, 0.1) is 0 Å². The van der Waals surface area contributed by atoms with Crippen LogP contribution >= 0.6 is 21.6 Å². The Kier molecular flexibility index (Phi) is 7.56. The zero-order valence-electron chi connectivity index (χ0n) is 13.5. The first-order valence-corrected chi connectivity index (χ1v) is 9.76. The maximum absolute atomic E-state index is 12.2. The maximum Gasteiger partial charge on any atom is 0.329 e. The van der Waals surface area contributed by atoms with Gasteiger partial charge in [-0.2, -0.15) is 0 Å². The first kappa shape index (κ1) is 19.1. The summed E-state index contributed by atoms with van der Waals surface area (Å²) in [6, 6.07) is 16.6. The molecule has 1 N–H and O–H groups in total. The third-order valence-corrected chi connectivity index (χ3v) is 5.40. The van der Waals surface area contributed by atoms with Gasteiger partial charge in [0.1, 0.15) is 6.04 Å². The SMILES string of the molecule is COC(=O)C(CSSC(=O)c1ccccc1)NC(=O)c1ccccc1. The van der Waals surface area contributed by atoms with Gasteiger partial charge < -0.3 is 10.1 Å². The van der Waals surface area contributed by atoms with Crippen molar-refractivity contribution in [3.63, 3.8) is 0 Å². The molecule has 0 spiro atoms. The van der Waals surface area contributed by atoms with E-state index in [2.05, 4.69) is 5.32 Å². The minimum Gasteiger partial charge on any atom is -0.467 e. The first-order valence-electron chi connectivity index (χ1n) is 7.44. The highest BCUT2D eigenvalue weighted by Gasteiger charge is 2.23. The molecule has 1 atom stereocenters. The highest BCUT2D eigenvalue weighted by Crippen LogP contribution is 2.26. The van der Waals surface area contributed by atoms with Crippen LogP contribution in [0.1, 0.15) is 20.7 Å². The third-order valence-electron chi connectivity index (χ3n) is 3.21. The van der Waals surface area contributed by atoms with E-state index in [1.54, 1.807) is 54.6 Å². The Labute approximate surface area is 153 Å². The van der Waals surface area contributed by atoms with Gasteiger partial charge in [0.05, 0.1) is 7.11 Å². The summed E-state index contributed by atoms with van der Waals surface area (Å²) in [6.07, 6.45) is 0. The summed E-state index contributed by atoms with van der Waals surface area (Å²) >= 11 is 0. The van der Waals surface area contributed by atoms with Gasteiger partial charge in [0, 0.05) is 16.9 Å². The highest BCUT2D eigenvalue weighted by molar-refractivity contribution is 8.82. The minimum absolute atomic E-state index is 0.108. The second-order valence-corrected chi connectivity index (χ2v) is 7.25. The number of carbonyl (C=O) groups is 3. The molecule has 5 nitrogen and oxygen atoms in total. The van der Waals surface area contributed by atoms with Gasteiger partial charge in [-0.05, 0) is 22.9 Å². The van der Waals surface area contributed by atoms with E-state index < -0.39 is 12.0 Å². The zero-order chi connectivity index (χ0) is 18.1. The molecule has 7 heteroatoms. The van der Waals surface area contributed by atoms with Crippen LogP contribution in [0.25, 0.3) is 0 Å². The van der Waals surface area contributed by atoms with E-state index in [9.17, 15) is 14.4 Å². The summed E-state index contributed by atoms with van der Waals surface area (Å²) in [6.45, 7) is 0. The van der Waals surface area contributed by atoms with E-state index >= 15 is 0 Å². The minimum atomic E-state index is -0.834. The number of hydrogen-bond acceptors (Lipinski definition) is 6. The molecule has 0 aromatic heterocycles. The predicted octanol–water partition coefficient (Wildman–Crippen LogP) is 3.18. The van der Waals surface area contributed by atoms with Crippen LogP contribution in [-0.4, -0.2) is 35.9 Å². The van der Waals surface area contributed by atoms with E-state index in [4.69, 9.17) is 4.74 Å². The lowest BCUT2D eigenvalue weighted by atomic mass is 10.2. The van der Waals surface area contributed by atoms with Crippen LogP contribution in [0.5, 0.6) is 0 Å². The third kappa shape index (κ3) is 5.95. The van der Waals surface area contributed by atoms with Gasteiger partial charge >= 0.3 is 5.97 Å². The standard InChI is InChI=1S/C18H17NO4S2/c1-23-17(21)15(19-16(20)13-8-4-2-5-9-13)12-24-25-18(22)14-10-6-3-7-11-14/h2-11,15H,12H2,1H3,(H,19,20). The van der Waals surface area contributed by atoms with Crippen molar-refractivity contribution in [2.45, 2.75) is 6.04 Å². The van der Waals surface area contributed by atoms with Crippen molar-refractivity contribution in [2.24, 2.45) is 0 Å². The van der Waals surface area contributed by atoms with Crippen molar-refractivity contribution in [1.29, 1.82) is 0 Å². The number of methoxy groups -OCH3 is 1.